The molecule has 24 heavy (non-hydrogen) atoms. The zero-order valence-electron chi connectivity index (χ0n) is 12.5. The van der Waals surface area contributed by atoms with Crippen molar-refractivity contribution in [2.45, 2.75) is 11.2 Å². The number of guanidine groups is 1. The Labute approximate surface area is 140 Å². The highest BCUT2D eigenvalue weighted by molar-refractivity contribution is 7.90. The number of sulfonamides is 1. The van der Waals surface area contributed by atoms with Gasteiger partial charge in [-0.15, -0.1) is 11.3 Å². The molecule has 2 amide bonds. The van der Waals surface area contributed by atoms with Crippen molar-refractivity contribution in [3.8, 4) is 0 Å². The summed E-state index contributed by atoms with van der Waals surface area (Å²) in [6.45, 7) is 0. The molecular weight excluding hydrogens is 362 g/mol. The first kappa shape index (κ1) is 17.8. The number of amides is 2. The van der Waals surface area contributed by atoms with Crippen LogP contribution in [0.15, 0.2) is 26.3 Å². The second kappa shape index (κ2) is 6.94. The minimum Gasteiger partial charge on any atom is -0.477 e. The van der Waals surface area contributed by atoms with Crippen LogP contribution in [0.4, 0.5) is 4.79 Å². The van der Waals surface area contributed by atoms with Crippen molar-refractivity contribution < 1.29 is 27.9 Å². The molecule has 1 unspecified atom stereocenters. The number of rotatable bonds is 4. The number of carbonyl (C=O) groups is 2. The van der Waals surface area contributed by atoms with Crippen LogP contribution in [0.1, 0.15) is 9.67 Å². The zero-order valence-corrected chi connectivity index (χ0v) is 14.1. The summed E-state index contributed by atoms with van der Waals surface area (Å²) in [5, 5.41) is 12.4. The quantitative estimate of drug-likeness (QED) is 0.653. The number of thiophene rings is 1. The molecule has 130 valence electrons. The summed E-state index contributed by atoms with van der Waals surface area (Å²) in [4.78, 5) is 31.2. The van der Waals surface area contributed by atoms with Crippen molar-refractivity contribution in [2.24, 2.45) is 9.98 Å². The van der Waals surface area contributed by atoms with E-state index in [4.69, 9.17) is 9.84 Å². The Hall–Kier alpha value is -2.51. The molecule has 11 nitrogen and oxygen atoms in total. The van der Waals surface area contributed by atoms with Crippen LogP contribution in [0.5, 0.6) is 0 Å². The fourth-order valence-electron chi connectivity index (χ4n) is 1.68. The number of hydrogen-bond acceptors (Lipinski definition) is 9. The van der Waals surface area contributed by atoms with Gasteiger partial charge in [0.05, 0.1) is 6.34 Å². The molecule has 0 radical (unpaired) electrons. The van der Waals surface area contributed by atoms with Gasteiger partial charge >= 0.3 is 12.0 Å². The van der Waals surface area contributed by atoms with Crippen molar-refractivity contribution in [3.05, 3.63) is 16.3 Å². The second-order valence-corrected chi connectivity index (χ2v) is 6.97. The number of carboxylic acids is 1. The van der Waals surface area contributed by atoms with E-state index in [1.54, 1.807) is 11.8 Å². The number of methoxy groups -OCH3 is 1. The van der Waals surface area contributed by atoms with Gasteiger partial charge < -0.3 is 14.7 Å². The van der Waals surface area contributed by atoms with Gasteiger partial charge in [0, 0.05) is 14.2 Å². The first-order chi connectivity index (χ1) is 11.2. The average Bonchev–Trinajstić information content (AvgIpc) is 2.99. The second-order valence-electron chi connectivity index (χ2n) is 4.40. The van der Waals surface area contributed by atoms with Crippen LogP contribution in [0.3, 0.4) is 0 Å². The number of urea groups is 1. The normalized spacial score (nSPS) is 17.3. The van der Waals surface area contributed by atoms with E-state index in [1.807, 2.05) is 0 Å². The van der Waals surface area contributed by atoms with E-state index in [2.05, 4.69) is 15.3 Å². The first-order valence-electron chi connectivity index (χ1n) is 6.26. The molecule has 1 aliphatic rings. The highest BCUT2D eigenvalue weighted by atomic mass is 32.2. The molecule has 2 rings (SSSR count). The third-order valence-corrected chi connectivity index (χ3v) is 5.12. The number of nitrogens with one attached hydrogen (secondary N) is 2. The topological polar surface area (TPSA) is 150 Å². The summed E-state index contributed by atoms with van der Waals surface area (Å²) in [6.07, 6.45) is 0.622. The molecule has 0 bridgehead atoms. The molecule has 3 N–H and O–H groups in total. The summed E-state index contributed by atoms with van der Waals surface area (Å²) >= 11 is 0.731. The Morgan fingerprint density at radius 2 is 2.17 bits per heavy atom. The lowest BCUT2D eigenvalue weighted by atomic mass is 10.5. The average molecular weight is 375 g/mol. The maximum absolute atomic E-state index is 12.1. The fraction of sp³-hybridized carbons (Fsp3) is 0.273. The zero-order chi connectivity index (χ0) is 17.9. The summed E-state index contributed by atoms with van der Waals surface area (Å²) in [6, 6.07) is -0.0384. The van der Waals surface area contributed by atoms with Crippen molar-refractivity contribution in [3.63, 3.8) is 0 Å². The van der Waals surface area contributed by atoms with Gasteiger partial charge in [-0.05, 0) is 11.4 Å². The third kappa shape index (κ3) is 3.87. The number of hydrogen-bond donors (Lipinski definition) is 3. The lowest BCUT2D eigenvalue weighted by Crippen LogP contribution is -2.45. The monoisotopic (exact) mass is 375 g/mol. The molecule has 1 aromatic rings. The largest absolute Gasteiger partial charge is 0.477 e. The summed E-state index contributed by atoms with van der Waals surface area (Å²) in [5.41, 5.74) is 0. The van der Waals surface area contributed by atoms with E-state index >= 15 is 0 Å². The number of aliphatic imine (C=N–C) groups is 2. The highest BCUT2D eigenvalue weighted by Crippen LogP contribution is 2.21. The fourth-order valence-corrected chi connectivity index (χ4v) is 3.85. The standard InChI is InChI=1S/C11H13N5O6S2/c1-16-5-12-9(14-11(16)22-2)13-10(19)15-24(20,21)6-3-4-23-7(6)8(17)18/h3-5,11H,1-2H3,(H,17,18)(H2,13,14,15,19). The predicted molar refractivity (Wildman–Crippen MR) is 84.6 cm³/mol. The van der Waals surface area contributed by atoms with E-state index in [-0.39, 0.29) is 5.96 Å². The maximum Gasteiger partial charge on any atom is 0.347 e. The Bertz CT molecular complexity index is 815. The van der Waals surface area contributed by atoms with Gasteiger partial charge in [0.2, 0.25) is 12.3 Å². The summed E-state index contributed by atoms with van der Waals surface area (Å²) in [7, 11) is -1.31. The minimum atomic E-state index is -4.35. The van der Waals surface area contributed by atoms with Crippen molar-refractivity contribution >= 4 is 45.7 Å². The molecule has 0 aromatic carbocycles. The molecule has 13 heteroatoms. The number of ether oxygens (including phenoxy) is 1. The Morgan fingerprint density at radius 1 is 1.46 bits per heavy atom. The van der Waals surface area contributed by atoms with E-state index in [0.29, 0.717) is 0 Å². The van der Waals surface area contributed by atoms with Crippen LogP contribution >= 0.6 is 11.3 Å². The van der Waals surface area contributed by atoms with Gasteiger partial charge in [0.25, 0.3) is 10.0 Å². The van der Waals surface area contributed by atoms with Crippen LogP contribution in [0.25, 0.3) is 0 Å². The SMILES string of the molecule is COC1N=C(NC(=O)NS(=O)(=O)c2ccsc2C(=O)O)N=CN1C. The highest BCUT2D eigenvalue weighted by Gasteiger charge is 2.26. The van der Waals surface area contributed by atoms with Gasteiger partial charge in [-0.25, -0.2) is 27.7 Å². The molecule has 1 aromatic heterocycles. The van der Waals surface area contributed by atoms with Crippen LogP contribution in [0, 0.1) is 0 Å². The van der Waals surface area contributed by atoms with E-state index < -0.39 is 38.1 Å². The van der Waals surface area contributed by atoms with Gasteiger partial charge in [-0.1, -0.05) is 0 Å². The summed E-state index contributed by atoms with van der Waals surface area (Å²) in [5.74, 6) is -1.56. The maximum atomic E-state index is 12.1. The molecule has 0 saturated carbocycles. The molecular formula is C11H13N5O6S2. The molecule has 1 aliphatic heterocycles. The van der Waals surface area contributed by atoms with Crippen molar-refractivity contribution in [1.82, 2.24) is 14.9 Å². The smallest absolute Gasteiger partial charge is 0.347 e. The predicted octanol–water partition coefficient (Wildman–Crippen LogP) is -0.306. The molecule has 0 spiro atoms. The van der Waals surface area contributed by atoms with Crippen LogP contribution < -0.4 is 10.0 Å². The van der Waals surface area contributed by atoms with Crippen LogP contribution in [-0.2, 0) is 14.8 Å². The molecule has 1 atom stereocenters. The number of nitrogens with zero attached hydrogens (tertiary/aromatic N) is 3. The Balaban J connectivity index is 2.11. The van der Waals surface area contributed by atoms with Gasteiger partial charge in [0.1, 0.15) is 9.77 Å². The van der Waals surface area contributed by atoms with E-state index in [9.17, 15) is 18.0 Å². The minimum absolute atomic E-state index is 0.156. The number of carbonyl (C=O) groups excluding carboxylic acids is 1. The van der Waals surface area contributed by atoms with Gasteiger partial charge in [-0.3, -0.25) is 5.32 Å². The molecule has 0 fully saturated rings. The number of aromatic carboxylic acids is 1. The van der Waals surface area contributed by atoms with E-state index in [1.165, 1.54) is 23.7 Å². The molecule has 0 saturated heterocycles. The first-order valence-corrected chi connectivity index (χ1v) is 8.62. The Morgan fingerprint density at radius 3 is 2.79 bits per heavy atom. The number of carboxylic acid groups (broad SMARTS) is 1. The molecule has 0 aliphatic carbocycles. The third-order valence-electron chi connectivity index (χ3n) is 2.72. The van der Waals surface area contributed by atoms with Crippen LogP contribution in [0.2, 0.25) is 0 Å². The lowest BCUT2D eigenvalue weighted by Gasteiger charge is -2.24. The van der Waals surface area contributed by atoms with E-state index in [0.717, 1.165) is 17.4 Å². The van der Waals surface area contributed by atoms with Crippen molar-refractivity contribution in [2.75, 3.05) is 14.2 Å². The summed E-state index contributed by atoms with van der Waals surface area (Å²) < 4.78 is 30.9. The Kier molecular flexibility index (Phi) is 5.16. The van der Waals surface area contributed by atoms with Crippen molar-refractivity contribution in [1.29, 1.82) is 0 Å². The van der Waals surface area contributed by atoms with Gasteiger partial charge in [-0.2, -0.15) is 4.99 Å². The lowest BCUT2D eigenvalue weighted by molar-refractivity contribution is 0.0279. The van der Waals surface area contributed by atoms with Crippen LogP contribution in [-0.4, -0.2) is 63.2 Å². The van der Waals surface area contributed by atoms with Gasteiger partial charge in [0.15, 0.2) is 0 Å². The molecule has 2 heterocycles.